The van der Waals surface area contributed by atoms with Gasteiger partial charge < -0.3 is 10.1 Å². The average molecular weight is 337 g/mol. The van der Waals surface area contributed by atoms with Crippen molar-refractivity contribution in [1.29, 1.82) is 0 Å². The lowest BCUT2D eigenvalue weighted by atomic mass is 10.0. The second-order valence-corrected chi connectivity index (χ2v) is 6.04. The molecule has 1 aliphatic rings. The molecule has 1 fully saturated rings. The summed E-state index contributed by atoms with van der Waals surface area (Å²) in [4.78, 5) is 20.9. The summed E-state index contributed by atoms with van der Waals surface area (Å²) in [6.45, 7) is 0. The highest BCUT2D eigenvalue weighted by atomic mass is 19.1. The van der Waals surface area contributed by atoms with Crippen LogP contribution in [-0.2, 0) is 4.79 Å². The maximum atomic E-state index is 13.2. The zero-order chi connectivity index (χ0) is 17.4. The van der Waals surface area contributed by atoms with Gasteiger partial charge in [-0.05, 0) is 42.7 Å². The van der Waals surface area contributed by atoms with Gasteiger partial charge in [0.15, 0.2) is 5.82 Å². The Kier molecular flexibility index (Phi) is 3.80. The first-order chi connectivity index (χ1) is 12.2. The third-order valence-corrected chi connectivity index (χ3v) is 4.24. The van der Waals surface area contributed by atoms with Gasteiger partial charge in [0.25, 0.3) is 0 Å². The molecule has 1 aromatic heterocycles. The first kappa shape index (κ1) is 15.5. The van der Waals surface area contributed by atoms with Gasteiger partial charge in [-0.2, -0.15) is 0 Å². The molecule has 1 aliphatic carbocycles. The van der Waals surface area contributed by atoms with Crippen LogP contribution in [-0.4, -0.2) is 23.0 Å². The molecular formula is C19H16FN3O2. The first-order valence-corrected chi connectivity index (χ1v) is 8.06. The maximum absolute atomic E-state index is 13.2. The fourth-order valence-electron chi connectivity index (χ4n) is 2.74. The molecule has 0 unspecified atom stereocenters. The number of benzene rings is 2. The lowest BCUT2D eigenvalue weighted by molar-refractivity contribution is -0.117. The van der Waals surface area contributed by atoms with Crippen LogP contribution in [0.5, 0.6) is 5.75 Å². The zero-order valence-electron chi connectivity index (χ0n) is 13.6. The van der Waals surface area contributed by atoms with Crippen LogP contribution in [0, 0.1) is 11.7 Å². The lowest BCUT2D eigenvalue weighted by Gasteiger charge is -2.11. The van der Waals surface area contributed by atoms with Crippen molar-refractivity contribution in [3.05, 3.63) is 48.4 Å². The van der Waals surface area contributed by atoms with Crippen molar-refractivity contribution in [2.24, 2.45) is 5.92 Å². The largest absolute Gasteiger partial charge is 0.494 e. The number of carbonyl (C=O) groups is 1. The number of methoxy groups -OCH3 is 1. The summed E-state index contributed by atoms with van der Waals surface area (Å²) in [5.74, 6) is 0.736. The van der Waals surface area contributed by atoms with Crippen LogP contribution in [0.1, 0.15) is 12.8 Å². The highest BCUT2D eigenvalue weighted by Gasteiger charge is 2.30. The molecule has 0 aliphatic heterocycles. The number of hydrogen-bond donors (Lipinski definition) is 1. The van der Waals surface area contributed by atoms with E-state index in [9.17, 15) is 9.18 Å². The minimum atomic E-state index is -0.294. The maximum Gasteiger partial charge on any atom is 0.228 e. The molecule has 126 valence electrons. The number of nitrogens with one attached hydrogen (secondary N) is 1. The molecule has 0 radical (unpaired) electrons. The quantitative estimate of drug-likeness (QED) is 0.787. The van der Waals surface area contributed by atoms with Gasteiger partial charge in [0.1, 0.15) is 22.6 Å². The van der Waals surface area contributed by atoms with E-state index >= 15 is 0 Å². The monoisotopic (exact) mass is 337 g/mol. The summed E-state index contributed by atoms with van der Waals surface area (Å²) < 4.78 is 18.6. The average Bonchev–Trinajstić information content (AvgIpc) is 3.47. The van der Waals surface area contributed by atoms with Gasteiger partial charge in [0.2, 0.25) is 5.91 Å². The predicted molar refractivity (Wildman–Crippen MR) is 92.8 cm³/mol. The van der Waals surface area contributed by atoms with E-state index < -0.39 is 0 Å². The minimum Gasteiger partial charge on any atom is -0.494 e. The summed E-state index contributed by atoms with van der Waals surface area (Å²) in [5.41, 5.74) is 2.84. The Morgan fingerprint density at radius 1 is 1.16 bits per heavy atom. The van der Waals surface area contributed by atoms with Crippen LogP contribution in [0.2, 0.25) is 0 Å². The predicted octanol–water partition coefficient (Wildman–Crippen LogP) is 3.79. The summed E-state index contributed by atoms with van der Waals surface area (Å²) in [6, 6.07) is 9.86. The molecule has 25 heavy (non-hydrogen) atoms. The van der Waals surface area contributed by atoms with Crippen LogP contribution in [0.25, 0.3) is 22.2 Å². The van der Waals surface area contributed by atoms with E-state index in [0.717, 1.165) is 24.0 Å². The molecule has 0 saturated heterocycles. The topological polar surface area (TPSA) is 64.1 Å². The summed E-state index contributed by atoms with van der Waals surface area (Å²) in [5, 5.41) is 2.80. The normalized spacial score (nSPS) is 13.7. The van der Waals surface area contributed by atoms with Crippen LogP contribution < -0.4 is 10.1 Å². The number of rotatable bonds is 4. The molecule has 1 N–H and O–H groups in total. The first-order valence-electron chi connectivity index (χ1n) is 8.06. The van der Waals surface area contributed by atoms with Gasteiger partial charge in [-0.1, -0.05) is 12.1 Å². The third kappa shape index (κ3) is 3.03. The third-order valence-electron chi connectivity index (χ3n) is 4.24. The molecule has 6 heteroatoms. The van der Waals surface area contributed by atoms with Gasteiger partial charge in [-0.15, -0.1) is 0 Å². The van der Waals surface area contributed by atoms with E-state index in [0.29, 0.717) is 22.6 Å². The van der Waals surface area contributed by atoms with E-state index in [1.54, 1.807) is 25.3 Å². The molecule has 4 rings (SSSR count). The Labute approximate surface area is 143 Å². The van der Waals surface area contributed by atoms with Crippen LogP contribution in [0.15, 0.2) is 42.6 Å². The highest BCUT2D eigenvalue weighted by Crippen LogP contribution is 2.34. The van der Waals surface area contributed by atoms with E-state index in [-0.39, 0.29) is 17.6 Å². The van der Waals surface area contributed by atoms with Crippen molar-refractivity contribution in [2.45, 2.75) is 12.8 Å². The molecule has 0 spiro atoms. The molecule has 1 amide bonds. The number of amides is 1. The van der Waals surface area contributed by atoms with Crippen LogP contribution in [0.4, 0.5) is 10.2 Å². The number of anilines is 1. The SMILES string of the molecule is COc1ccc(-c2ccc(F)cc2)c2ncc(NC(=O)C3CC3)nc12. The summed E-state index contributed by atoms with van der Waals surface area (Å²) >= 11 is 0. The second kappa shape index (κ2) is 6.12. The highest BCUT2D eigenvalue weighted by molar-refractivity contribution is 5.97. The molecule has 2 aromatic carbocycles. The Hall–Kier alpha value is -3.02. The van der Waals surface area contributed by atoms with E-state index in [1.807, 2.05) is 6.07 Å². The molecule has 3 aromatic rings. The van der Waals surface area contributed by atoms with Crippen LogP contribution >= 0.6 is 0 Å². The van der Waals surface area contributed by atoms with Crippen molar-refractivity contribution < 1.29 is 13.9 Å². The van der Waals surface area contributed by atoms with Gasteiger partial charge in [-0.3, -0.25) is 4.79 Å². The van der Waals surface area contributed by atoms with Gasteiger partial charge >= 0.3 is 0 Å². The summed E-state index contributed by atoms with van der Waals surface area (Å²) in [7, 11) is 1.56. The Balaban J connectivity index is 1.80. The van der Waals surface area contributed by atoms with Crippen molar-refractivity contribution in [1.82, 2.24) is 9.97 Å². The fourth-order valence-corrected chi connectivity index (χ4v) is 2.74. The number of nitrogens with zero attached hydrogens (tertiary/aromatic N) is 2. The van der Waals surface area contributed by atoms with Crippen molar-refractivity contribution in [3.8, 4) is 16.9 Å². The number of fused-ring (bicyclic) bond motifs is 1. The van der Waals surface area contributed by atoms with Gasteiger partial charge in [-0.25, -0.2) is 14.4 Å². The standard InChI is InChI=1S/C19H16FN3O2/c1-25-15-9-8-14(11-4-6-13(20)7-5-11)17-18(15)22-16(10-21-17)23-19(24)12-2-3-12/h4-10,12H,2-3H2,1H3,(H,22,23,24). The number of carbonyl (C=O) groups excluding carboxylic acids is 1. The minimum absolute atomic E-state index is 0.0256. The van der Waals surface area contributed by atoms with Crippen molar-refractivity contribution in [3.63, 3.8) is 0 Å². The molecule has 1 saturated carbocycles. The Morgan fingerprint density at radius 3 is 2.60 bits per heavy atom. The molecule has 1 heterocycles. The van der Waals surface area contributed by atoms with Crippen molar-refractivity contribution in [2.75, 3.05) is 12.4 Å². The summed E-state index contributed by atoms with van der Waals surface area (Å²) in [6.07, 6.45) is 3.38. The number of hydrogen-bond acceptors (Lipinski definition) is 4. The number of ether oxygens (including phenoxy) is 1. The molecular weight excluding hydrogens is 321 g/mol. The van der Waals surface area contributed by atoms with Crippen molar-refractivity contribution >= 4 is 22.8 Å². The van der Waals surface area contributed by atoms with Gasteiger partial charge in [0.05, 0.1) is 13.3 Å². The molecule has 0 atom stereocenters. The lowest BCUT2D eigenvalue weighted by Crippen LogP contribution is -2.14. The number of aromatic nitrogens is 2. The Bertz CT molecular complexity index is 953. The van der Waals surface area contributed by atoms with Crippen LogP contribution in [0.3, 0.4) is 0 Å². The van der Waals surface area contributed by atoms with E-state index in [4.69, 9.17) is 4.74 Å². The smallest absolute Gasteiger partial charge is 0.228 e. The molecule has 5 nitrogen and oxygen atoms in total. The van der Waals surface area contributed by atoms with Gasteiger partial charge in [0, 0.05) is 11.5 Å². The Morgan fingerprint density at radius 2 is 1.92 bits per heavy atom. The van der Waals surface area contributed by atoms with E-state index in [1.165, 1.54) is 18.3 Å². The zero-order valence-corrected chi connectivity index (χ0v) is 13.6. The molecule has 0 bridgehead atoms. The fraction of sp³-hybridized carbons (Fsp3) is 0.211. The van der Waals surface area contributed by atoms with E-state index in [2.05, 4.69) is 15.3 Å². The number of halogens is 1. The second-order valence-electron chi connectivity index (χ2n) is 6.04.